The van der Waals surface area contributed by atoms with Crippen molar-refractivity contribution in [2.75, 3.05) is 24.9 Å². The van der Waals surface area contributed by atoms with E-state index in [-0.39, 0.29) is 0 Å². The van der Waals surface area contributed by atoms with Crippen molar-refractivity contribution in [3.8, 4) is 17.3 Å². The van der Waals surface area contributed by atoms with Crippen LogP contribution in [0.1, 0.15) is 5.82 Å². The topological polar surface area (TPSA) is 103 Å². The summed E-state index contributed by atoms with van der Waals surface area (Å²) in [6, 6.07) is 6.30. The van der Waals surface area contributed by atoms with Crippen LogP contribution in [0.4, 0.5) is 16.3 Å². The number of nitrogens with zero attached hydrogens (tertiary/aromatic N) is 4. The van der Waals surface area contributed by atoms with Crippen molar-refractivity contribution in [1.82, 2.24) is 19.5 Å². The normalized spacial score (nSPS) is 10.3. The molecule has 0 aliphatic rings. The highest BCUT2D eigenvalue weighted by molar-refractivity contribution is 6.00. The molecule has 2 amide bonds. The molecule has 2 aromatic heterocycles. The summed E-state index contributed by atoms with van der Waals surface area (Å²) in [5, 5.41) is 5.39. The molecule has 0 radical (unpaired) electrons. The van der Waals surface area contributed by atoms with Crippen LogP contribution in [0.25, 0.3) is 5.82 Å². The number of rotatable bonds is 5. The minimum atomic E-state index is -0.469. The van der Waals surface area contributed by atoms with Gasteiger partial charge in [0.25, 0.3) is 0 Å². The number of imidazole rings is 1. The van der Waals surface area contributed by atoms with Crippen LogP contribution in [0, 0.1) is 6.92 Å². The fourth-order valence-electron chi connectivity index (χ4n) is 2.35. The van der Waals surface area contributed by atoms with Crippen molar-refractivity contribution in [2.24, 2.45) is 0 Å². The number of aryl methyl sites for hydroxylation is 1. The second-order valence-electron chi connectivity index (χ2n) is 5.25. The Morgan fingerprint density at radius 1 is 1.08 bits per heavy atom. The Morgan fingerprint density at radius 3 is 2.62 bits per heavy atom. The first-order valence-electron chi connectivity index (χ1n) is 7.73. The standard InChI is InChI=1S/C17H18N6O3/c1-11-18-6-7-23(11)16-9-15(19-10-20-16)22-17(24)21-13-8-12(25-2)4-5-14(13)26-3/h4-10H,1-3H3,(H2,19,20,21,22,24). The van der Waals surface area contributed by atoms with Crippen molar-refractivity contribution in [2.45, 2.75) is 6.92 Å². The number of hydrogen-bond donors (Lipinski definition) is 2. The molecule has 3 rings (SSSR count). The average Bonchev–Trinajstić information content (AvgIpc) is 3.07. The van der Waals surface area contributed by atoms with Crippen LogP contribution in [0.2, 0.25) is 0 Å². The SMILES string of the molecule is COc1ccc(OC)c(NC(=O)Nc2cc(-n3ccnc3C)ncn2)c1. The molecular formula is C17H18N6O3. The predicted molar refractivity (Wildman–Crippen MR) is 96.1 cm³/mol. The van der Waals surface area contributed by atoms with Gasteiger partial charge in [-0.1, -0.05) is 0 Å². The Hall–Kier alpha value is -3.62. The zero-order chi connectivity index (χ0) is 18.5. The second-order valence-corrected chi connectivity index (χ2v) is 5.25. The number of hydrogen-bond acceptors (Lipinski definition) is 6. The first-order chi connectivity index (χ1) is 12.6. The van der Waals surface area contributed by atoms with Crippen LogP contribution < -0.4 is 20.1 Å². The maximum Gasteiger partial charge on any atom is 0.324 e. The molecule has 0 unspecified atom stereocenters. The molecule has 1 aromatic carbocycles. The molecule has 2 N–H and O–H groups in total. The third-order valence-electron chi connectivity index (χ3n) is 3.62. The summed E-state index contributed by atoms with van der Waals surface area (Å²) in [4.78, 5) is 24.7. The Kier molecular flexibility index (Phi) is 4.97. The van der Waals surface area contributed by atoms with Gasteiger partial charge < -0.3 is 14.8 Å². The molecular weight excluding hydrogens is 336 g/mol. The molecule has 0 fully saturated rings. The van der Waals surface area contributed by atoms with Gasteiger partial charge in [-0.15, -0.1) is 0 Å². The van der Waals surface area contributed by atoms with E-state index in [1.54, 1.807) is 48.3 Å². The van der Waals surface area contributed by atoms with Crippen molar-refractivity contribution in [3.63, 3.8) is 0 Å². The summed E-state index contributed by atoms with van der Waals surface area (Å²) in [6.45, 7) is 1.86. The number of amides is 2. The van der Waals surface area contributed by atoms with Crippen molar-refractivity contribution >= 4 is 17.5 Å². The smallest absolute Gasteiger partial charge is 0.324 e. The van der Waals surface area contributed by atoms with Gasteiger partial charge in [0.15, 0.2) is 0 Å². The quantitative estimate of drug-likeness (QED) is 0.730. The molecule has 134 valence electrons. The number of carbonyl (C=O) groups is 1. The zero-order valence-electron chi connectivity index (χ0n) is 14.6. The van der Waals surface area contributed by atoms with E-state index in [0.29, 0.717) is 28.8 Å². The number of benzene rings is 1. The number of nitrogens with one attached hydrogen (secondary N) is 2. The van der Waals surface area contributed by atoms with E-state index in [1.165, 1.54) is 13.4 Å². The summed E-state index contributed by atoms with van der Waals surface area (Å²) in [6.07, 6.45) is 4.82. The summed E-state index contributed by atoms with van der Waals surface area (Å²) < 4.78 is 12.2. The fraction of sp³-hybridized carbons (Fsp3) is 0.176. The van der Waals surface area contributed by atoms with Crippen molar-refractivity contribution < 1.29 is 14.3 Å². The van der Waals surface area contributed by atoms with Gasteiger partial charge in [-0.25, -0.2) is 19.7 Å². The first kappa shape index (κ1) is 17.2. The third-order valence-corrected chi connectivity index (χ3v) is 3.62. The lowest BCUT2D eigenvalue weighted by molar-refractivity contribution is 0.262. The zero-order valence-corrected chi connectivity index (χ0v) is 14.6. The van der Waals surface area contributed by atoms with Crippen molar-refractivity contribution in [1.29, 1.82) is 0 Å². The largest absolute Gasteiger partial charge is 0.497 e. The first-order valence-corrected chi connectivity index (χ1v) is 7.73. The molecule has 26 heavy (non-hydrogen) atoms. The van der Waals surface area contributed by atoms with Crippen LogP contribution >= 0.6 is 0 Å². The Bertz CT molecular complexity index is 924. The van der Waals surface area contributed by atoms with Gasteiger partial charge in [0.05, 0.1) is 19.9 Å². The molecule has 0 saturated heterocycles. The van der Waals surface area contributed by atoms with E-state index >= 15 is 0 Å². The van der Waals surface area contributed by atoms with Crippen LogP contribution in [0.15, 0.2) is 43.0 Å². The Labute approximate surface area is 150 Å². The summed E-state index contributed by atoms with van der Waals surface area (Å²) in [5.41, 5.74) is 0.476. The van der Waals surface area contributed by atoms with E-state index in [2.05, 4.69) is 25.6 Å². The van der Waals surface area contributed by atoms with Crippen LogP contribution in [0.3, 0.4) is 0 Å². The van der Waals surface area contributed by atoms with Gasteiger partial charge >= 0.3 is 6.03 Å². The fourth-order valence-corrected chi connectivity index (χ4v) is 2.35. The number of methoxy groups -OCH3 is 2. The minimum Gasteiger partial charge on any atom is -0.497 e. The number of anilines is 2. The maximum absolute atomic E-state index is 12.3. The predicted octanol–water partition coefficient (Wildman–Crippen LogP) is 2.63. The van der Waals surface area contributed by atoms with Gasteiger partial charge in [-0.2, -0.15) is 0 Å². The molecule has 9 heteroatoms. The second kappa shape index (κ2) is 7.51. The molecule has 0 saturated carbocycles. The summed E-state index contributed by atoms with van der Waals surface area (Å²) in [7, 11) is 3.07. The monoisotopic (exact) mass is 354 g/mol. The molecule has 0 aliphatic heterocycles. The third kappa shape index (κ3) is 3.72. The Balaban J connectivity index is 1.76. The number of aromatic nitrogens is 4. The van der Waals surface area contributed by atoms with Crippen LogP contribution in [-0.4, -0.2) is 39.8 Å². The number of urea groups is 1. The molecule has 3 aromatic rings. The van der Waals surface area contributed by atoms with Gasteiger partial charge in [0.1, 0.15) is 35.3 Å². The summed E-state index contributed by atoms with van der Waals surface area (Å²) in [5.74, 6) is 2.84. The van der Waals surface area contributed by atoms with Crippen molar-refractivity contribution in [3.05, 3.63) is 48.8 Å². The number of ether oxygens (including phenoxy) is 2. The Morgan fingerprint density at radius 2 is 1.92 bits per heavy atom. The maximum atomic E-state index is 12.3. The lowest BCUT2D eigenvalue weighted by atomic mass is 10.2. The average molecular weight is 354 g/mol. The lowest BCUT2D eigenvalue weighted by Gasteiger charge is -2.12. The molecule has 0 spiro atoms. The van der Waals surface area contributed by atoms with E-state index in [9.17, 15) is 4.79 Å². The van der Waals surface area contributed by atoms with E-state index in [4.69, 9.17) is 9.47 Å². The van der Waals surface area contributed by atoms with Gasteiger partial charge in [0, 0.05) is 24.5 Å². The lowest BCUT2D eigenvalue weighted by Crippen LogP contribution is -2.20. The van der Waals surface area contributed by atoms with E-state index < -0.39 is 6.03 Å². The summed E-state index contributed by atoms with van der Waals surface area (Å²) >= 11 is 0. The molecule has 0 atom stereocenters. The minimum absolute atomic E-state index is 0.350. The molecule has 2 heterocycles. The van der Waals surface area contributed by atoms with E-state index in [0.717, 1.165) is 5.82 Å². The van der Waals surface area contributed by atoms with E-state index in [1.807, 2.05) is 6.92 Å². The van der Waals surface area contributed by atoms with Gasteiger partial charge in [-0.3, -0.25) is 9.88 Å². The number of carbonyl (C=O) groups excluding carboxylic acids is 1. The molecule has 0 aliphatic carbocycles. The highest BCUT2D eigenvalue weighted by atomic mass is 16.5. The molecule has 9 nitrogen and oxygen atoms in total. The van der Waals surface area contributed by atoms with Crippen LogP contribution in [0.5, 0.6) is 11.5 Å². The van der Waals surface area contributed by atoms with Gasteiger partial charge in [0.2, 0.25) is 0 Å². The van der Waals surface area contributed by atoms with Crippen LogP contribution in [-0.2, 0) is 0 Å². The highest BCUT2D eigenvalue weighted by Gasteiger charge is 2.11. The highest BCUT2D eigenvalue weighted by Crippen LogP contribution is 2.28. The molecule has 0 bridgehead atoms. The van der Waals surface area contributed by atoms with Gasteiger partial charge in [-0.05, 0) is 19.1 Å².